The Labute approximate surface area is 116 Å². The first-order chi connectivity index (χ1) is 10.0. The summed E-state index contributed by atoms with van der Waals surface area (Å²) in [5, 5.41) is 13.5. The summed E-state index contributed by atoms with van der Waals surface area (Å²) in [7, 11) is 0. The second-order valence-electron chi connectivity index (χ2n) is 4.91. The predicted molar refractivity (Wildman–Crippen MR) is 62.0 cm³/mol. The Morgan fingerprint density at radius 1 is 1.33 bits per heavy atom. The lowest BCUT2D eigenvalue weighted by atomic mass is 10.1. The number of nitrogens with zero attached hydrogens (tertiary/aromatic N) is 3. The van der Waals surface area contributed by atoms with E-state index >= 15 is 0 Å². The van der Waals surface area contributed by atoms with E-state index in [1.165, 1.54) is 18.2 Å². The first-order valence-corrected chi connectivity index (χ1v) is 6.21. The average molecular weight is 294 g/mol. The number of benzene rings is 1. The van der Waals surface area contributed by atoms with E-state index in [1.54, 1.807) is 0 Å². The second kappa shape index (κ2) is 3.96. The molecule has 1 aromatic carbocycles. The number of fused-ring (bicyclic) bond motifs is 1. The number of H-pyrrole nitrogens is 1. The molecule has 0 bridgehead atoms. The monoisotopic (exact) mass is 294 g/mol. The van der Waals surface area contributed by atoms with Gasteiger partial charge in [-0.1, -0.05) is 5.21 Å². The molecule has 108 valence electrons. The molecule has 0 amide bonds. The molecule has 0 spiro atoms. The summed E-state index contributed by atoms with van der Waals surface area (Å²) in [5.41, 5.74) is 0.297. The van der Waals surface area contributed by atoms with Gasteiger partial charge in [0.2, 0.25) is 0 Å². The van der Waals surface area contributed by atoms with Gasteiger partial charge in [0.25, 0.3) is 0 Å². The van der Waals surface area contributed by atoms with Crippen molar-refractivity contribution in [2.24, 2.45) is 5.92 Å². The van der Waals surface area contributed by atoms with Gasteiger partial charge in [-0.25, -0.2) is 0 Å². The Kier molecular flexibility index (Phi) is 2.30. The number of hydrogen-bond donors (Lipinski definition) is 1. The standard InChI is InChI=1S/C12H8F2N4O3/c13-12(14)20-8-2-1-5(3-9(8)21-12)10(19)6-4-7(6)11-15-17-18-16-11/h1-3,6-7H,4H2,(H,15,16,17,18)/t6-,7-/m0/s1. The topological polar surface area (TPSA) is 90.0 Å². The summed E-state index contributed by atoms with van der Waals surface area (Å²) in [6, 6.07) is 4.01. The van der Waals surface area contributed by atoms with E-state index in [1.807, 2.05) is 0 Å². The van der Waals surface area contributed by atoms with Crippen LogP contribution in [-0.4, -0.2) is 32.7 Å². The number of nitrogens with one attached hydrogen (secondary N) is 1. The lowest BCUT2D eigenvalue weighted by Crippen LogP contribution is -2.25. The van der Waals surface area contributed by atoms with Crippen LogP contribution in [0.2, 0.25) is 0 Å². The van der Waals surface area contributed by atoms with Gasteiger partial charge in [-0.2, -0.15) is 5.21 Å². The van der Waals surface area contributed by atoms with E-state index in [2.05, 4.69) is 30.1 Å². The molecule has 2 aliphatic rings. The van der Waals surface area contributed by atoms with Crippen molar-refractivity contribution in [1.82, 2.24) is 20.6 Å². The van der Waals surface area contributed by atoms with Crippen LogP contribution in [0.1, 0.15) is 28.5 Å². The van der Waals surface area contributed by atoms with Crippen molar-refractivity contribution in [3.05, 3.63) is 29.6 Å². The zero-order chi connectivity index (χ0) is 14.6. The summed E-state index contributed by atoms with van der Waals surface area (Å²) < 4.78 is 34.5. The third-order valence-corrected chi connectivity index (χ3v) is 3.51. The van der Waals surface area contributed by atoms with E-state index in [0.717, 1.165) is 0 Å². The minimum atomic E-state index is -3.68. The van der Waals surface area contributed by atoms with E-state index in [4.69, 9.17) is 0 Å². The lowest BCUT2D eigenvalue weighted by Gasteiger charge is -2.04. The SMILES string of the molecule is O=C(c1ccc2c(c1)OC(F)(F)O2)[C@H]1C[C@@H]1c1nn[nH]n1. The number of alkyl halides is 2. The third kappa shape index (κ3) is 2.01. The molecule has 0 saturated heterocycles. The average Bonchev–Trinajstić information content (AvgIpc) is 2.91. The van der Waals surface area contributed by atoms with Crippen LogP contribution in [0.5, 0.6) is 11.5 Å². The quantitative estimate of drug-likeness (QED) is 0.863. The molecule has 2 aromatic rings. The highest BCUT2D eigenvalue weighted by atomic mass is 19.3. The molecule has 9 heteroatoms. The first-order valence-electron chi connectivity index (χ1n) is 6.21. The van der Waals surface area contributed by atoms with E-state index in [-0.39, 0.29) is 29.1 Å². The van der Waals surface area contributed by atoms with Crippen LogP contribution in [0.15, 0.2) is 18.2 Å². The molecule has 7 nitrogen and oxygen atoms in total. The maximum absolute atomic E-state index is 12.9. The summed E-state index contributed by atoms with van der Waals surface area (Å²) in [4.78, 5) is 12.3. The number of carbonyl (C=O) groups excluding carboxylic acids is 1. The fourth-order valence-electron chi connectivity index (χ4n) is 2.41. The Hall–Kier alpha value is -2.58. The molecule has 1 N–H and O–H groups in total. The molecular formula is C12H8F2N4O3. The van der Waals surface area contributed by atoms with Crippen LogP contribution in [0.25, 0.3) is 0 Å². The summed E-state index contributed by atoms with van der Waals surface area (Å²) in [6.45, 7) is 0. The van der Waals surface area contributed by atoms with Crippen LogP contribution in [-0.2, 0) is 0 Å². The first kappa shape index (κ1) is 12.2. The number of carbonyl (C=O) groups is 1. The number of ketones is 1. The summed E-state index contributed by atoms with van der Waals surface area (Å²) in [6.07, 6.45) is -3.07. The zero-order valence-corrected chi connectivity index (χ0v) is 10.4. The molecular weight excluding hydrogens is 286 g/mol. The molecule has 4 rings (SSSR count). The number of aromatic amines is 1. The van der Waals surface area contributed by atoms with Crippen molar-refractivity contribution < 1.29 is 23.0 Å². The highest BCUT2D eigenvalue weighted by Crippen LogP contribution is 2.48. The molecule has 1 aliphatic carbocycles. The molecule has 1 fully saturated rings. The zero-order valence-electron chi connectivity index (χ0n) is 10.4. The van der Waals surface area contributed by atoms with Crippen LogP contribution in [0.3, 0.4) is 0 Å². The van der Waals surface area contributed by atoms with Gasteiger partial charge in [0.05, 0.1) is 0 Å². The number of aromatic nitrogens is 4. The Balaban J connectivity index is 1.55. The van der Waals surface area contributed by atoms with Crippen LogP contribution < -0.4 is 9.47 Å². The fourth-order valence-corrected chi connectivity index (χ4v) is 2.41. The number of Topliss-reactive ketones (excluding diaryl/α,β-unsaturated/α-hetero) is 1. The Morgan fingerprint density at radius 3 is 2.90 bits per heavy atom. The van der Waals surface area contributed by atoms with Gasteiger partial charge < -0.3 is 9.47 Å². The van der Waals surface area contributed by atoms with Gasteiger partial charge >= 0.3 is 6.29 Å². The van der Waals surface area contributed by atoms with Gasteiger partial charge in [-0.05, 0) is 24.6 Å². The van der Waals surface area contributed by atoms with Crippen molar-refractivity contribution in [2.75, 3.05) is 0 Å². The number of rotatable bonds is 3. The Bertz CT molecular complexity index is 719. The van der Waals surface area contributed by atoms with Crippen molar-refractivity contribution in [1.29, 1.82) is 0 Å². The second-order valence-corrected chi connectivity index (χ2v) is 4.91. The van der Waals surface area contributed by atoms with Crippen LogP contribution >= 0.6 is 0 Å². The van der Waals surface area contributed by atoms with Crippen LogP contribution in [0, 0.1) is 5.92 Å². The van der Waals surface area contributed by atoms with Crippen molar-refractivity contribution >= 4 is 5.78 Å². The number of hydrogen-bond acceptors (Lipinski definition) is 6. The van der Waals surface area contributed by atoms with E-state index in [9.17, 15) is 13.6 Å². The molecule has 21 heavy (non-hydrogen) atoms. The summed E-state index contributed by atoms with van der Waals surface area (Å²) in [5.74, 6) is -0.233. The molecule has 1 aromatic heterocycles. The number of tetrazole rings is 1. The summed E-state index contributed by atoms with van der Waals surface area (Å²) >= 11 is 0. The molecule has 0 radical (unpaired) electrons. The molecule has 0 unspecified atom stereocenters. The lowest BCUT2D eigenvalue weighted by molar-refractivity contribution is -0.286. The molecule has 1 saturated carbocycles. The number of halogens is 2. The predicted octanol–water partition coefficient (Wildman–Crippen LogP) is 1.51. The van der Waals surface area contributed by atoms with Crippen LogP contribution in [0.4, 0.5) is 8.78 Å². The van der Waals surface area contributed by atoms with Crippen molar-refractivity contribution in [3.63, 3.8) is 0 Å². The van der Waals surface area contributed by atoms with Gasteiger partial charge in [-0.15, -0.1) is 19.0 Å². The largest absolute Gasteiger partial charge is 0.586 e. The van der Waals surface area contributed by atoms with Crippen molar-refractivity contribution in [3.8, 4) is 11.5 Å². The molecule has 2 atom stereocenters. The Morgan fingerprint density at radius 2 is 2.14 bits per heavy atom. The van der Waals surface area contributed by atoms with Gasteiger partial charge in [0, 0.05) is 17.4 Å². The minimum absolute atomic E-state index is 0.0805. The third-order valence-electron chi connectivity index (χ3n) is 3.51. The van der Waals surface area contributed by atoms with Crippen molar-refractivity contribution in [2.45, 2.75) is 18.6 Å². The van der Waals surface area contributed by atoms with Gasteiger partial charge in [0.15, 0.2) is 23.1 Å². The fraction of sp³-hybridized carbons (Fsp3) is 0.333. The highest BCUT2D eigenvalue weighted by Gasteiger charge is 2.48. The molecule has 2 heterocycles. The minimum Gasteiger partial charge on any atom is -0.395 e. The maximum atomic E-state index is 12.9. The smallest absolute Gasteiger partial charge is 0.395 e. The normalized spacial score (nSPS) is 24.9. The van der Waals surface area contributed by atoms with Gasteiger partial charge in [0.1, 0.15) is 0 Å². The number of ether oxygens (including phenoxy) is 2. The van der Waals surface area contributed by atoms with Gasteiger partial charge in [-0.3, -0.25) is 4.79 Å². The molecule has 1 aliphatic heterocycles. The maximum Gasteiger partial charge on any atom is 0.586 e. The van der Waals surface area contributed by atoms with E-state index in [0.29, 0.717) is 17.8 Å². The van der Waals surface area contributed by atoms with E-state index < -0.39 is 6.29 Å². The highest BCUT2D eigenvalue weighted by molar-refractivity contribution is 6.00.